The number of likely N-dealkylation sites (tertiary alicyclic amines) is 1. The number of hydrogen-bond acceptors (Lipinski definition) is 3. The Morgan fingerprint density at radius 3 is 2.33 bits per heavy atom. The maximum absolute atomic E-state index is 6.06. The van der Waals surface area contributed by atoms with Gasteiger partial charge in [-0.15, -0.1) is 0 Å². The lowest BCUT2D eigenvalue weighted by atomic mass is 9.89. The molecule has 2 aliphatic heterocycles. The molecule has 88 valence electrons. The van der Waals surface area contributed by atoms with Crippen molar-refractivity contribution in [1.82, 2.24) is 4.90 Å². The predicted molar refractivity (Wildman–Crippen MR) is 68.3 cm³/mol. The van der Waals surface area contributed by atoms with Gasteiger partial charge >= 0.3 is 0 Å². The highest BCUT2D eigenvalue weighted by Crippen LogP contribution is 2.39. The third-order valence-corrected chi connectivity index (χ3v) is 5.14. The lowest BCUT2D eigenvalue weighted by Gasteiger charge is -2.44. The van der Waals surface area contributed by atoms with Gasteiger partial charge < -0.3 is 5.73 Å². The van der Waals surface area contributed by atoms with Crippen molar-refractivity contribution in [2.24, 2.45) is 11.1 Å². The molecule has 2 rings (SSSR count). The second-order valence-electron chi connectivity index (χ2n) is 5.88. The van der Waals surface area contributed by atoms with Crippen LogP contribution in [0.25, 0.3) is 0 Å². The molecule has 2 saturated heterocycles. The Bertz CT molecular complexity index is 222. The minimum absolute atomic E-state index is 0.346. The van der Waals surface area contributed by atoms with Crippen LogP contribution in [-0.2, 0) is 0 Å². The summed E-state index contributed by atoms with van der Waals surface area (Å²) in [5, 5.41) is 0. The number of thioether (sulfide) groups is 1. The molecule has 2 heterocycles. The fourth-order valence-electron chi connectivity index (χ4n) is 2.92. The zero-order chi connectivity index (χ0) is 10.9. The molecule has 0 saturated carbocycles. The summed E-state index contributed by atoms with van der Waals surface area (Å²) in [6.07, 6.45) is 3.93. The van der Waals surface area contributed by atoms with Gasteiger partial charge in [-0.2, -0.15) is 11.8 Å². The van der Waals surface area contributed by atoms with Crippen LogP contribution < -0.4 is 5.73 Å². The summed E-state index contributed by atoms with van der Waals surface area (Å²) >= 11 is 2.09. The van der Waals surface area contributed by atoms with Gasteiger partial charge in [0.2, 0.25) is 0 Å². The molecule has 0 radical (unpaired) electrons. The standard InChI is InChI=1S/C12H24N2S/c1-11(2)3-6-14(10-11)12(9-13)4-7-15-8-5-12/h3-10,13H2,1-2H3. The Morgan fingerprint density at radius 1 is 1.20 bits per heavy atom. The van der Waals surface area contributed by atoms with E-state index in [4.69, 9.17) is 5.73 Å². The summed E-state index contributed by atoms with van der Waals surface area (Å²) in [4.78, 5) is 2.69. The van der Waals surface area contributed by atoms with Crippen LogP contribution >= 0.6 is 11.8 Å². The van der Waals surface area contributed by atoms with E-state index in [9.17, 15) is 0 Å². The molecule has 0 spiro atoms. The van der Waals surface area contributed by atoms with E-state index < -0.39 is 0 Å². The summed E-state index contributed by atoms with van der Waals surface area (Å²) < 4.78 is 0. The van der Waals surface area contributed by atoms with Crippen molar-refractivity contribution >= 4 is 11.8 Å². The van der Waals surface area contributed by atoms with Crippen molar-refractivity contribution in [3.63, 3.8) is 0 Å². The summed E-state index contributed by atoms with van der Waals surface area (Å²) in [5.74, 6) is 2.60. The minimum Gasteiger partial charge on any atom is -0.329 e. The smallest absolute Gasteiger partial charge is 0.0347 e. The molecule has 0 unspecified atom stereocenters. The molecule has 0 aliphatic carbocycles. The van der Waals surface area contributed by atoms with Crippen LogP contribution in [0.5, 0.6) is 0 Å². The van der Waals surface area contributed by atoms with Crippen molar-refractivity contribution in [2.75, 3.05) is 31.1 Å². The number of nitrogens with two attached hydrogens (primary N) is 1. The highest BCUT2D eigenvalue weighted by Gasteiger charge is 2.42. The van der Waals surface area contributed by atoms with Gasteiger partial charge in [0.1, 0.15) is 0 Å². The van der Waals surface area contributed by atoms with Gasteiger partial charge in [0.25, 0.3) is 0 Å². The summed E-state index contributed by atoms with van der Waals surface area (Å²) in [6, 6.07) is 0. The van der Waals surface area contributed by atoms with Crippen LogP contribution in [0.4, 0.5) is 0 Å². The highest BCUT2D eigenvalue weighted by atomic mass is 32.2. The Hall–Kier alpha value is 0.270. The van der Waals surface area contributed by atoms with E-state index in [1.807, 2.05) is 0 Å². The number of nitrogens with zero attached hydrogens (tertiary/aromatic N) is 1. The van der Waals surface area contributed by atoms with Crippen molar-refractivity contribution in [2.45, 2.75) is 38.6 Å². The quantitative estimate of drug-likeness (QED) is 0.783. The lowest BCUT2D eigenvalue weighted by molar-refractivity contribution is 0.101. The Labute approximate surface area is 98.0 Å². The molecule has 2 nitrogen and oxygen atoms in total. The van der Waals surface area contributed by atoms with Crippen LogP contribution in [0.2, 0.25) is 0 Å². The summed E-state index contributed by atoms with van der Waals surface area (Å²) in [7, 11) is 0. The first-order chi connectivity index (χ1) is 7.08. The molecular formula is C12H24N2S. The van der Waals surface area contributed by atoms with Gasteiger partial charge in [0.05, 0.1) is 0 Å². The van der Waals surface area contributed by atoms with Gasteiger partial charge in [0.15, 0.2) is 0 Å². The van der Waals surface area contributed by atoms with Gasteiger partial charge in [-0.05, 0) is 42.7 Å². The first-order valence-corrected chi connectivity index (χ1v) is 7.26. The van der Waals surface area contributed by atoms with Crippen molar-refractivity contribution in [3.05, 3.63) is 0 Å². The molecule has 0 aromatic carbocycles. The second-order valence-corrected chi connectivity index (χ2v) is 7.10. The number of hydrogen-bond donors (Lipinski definition) is 1. The van der Waals surface area contributed by atoms with E-state index in [1.165, 1.54) is 43.9 Å². The van der Waals surface area contributed by atoms with Crippen molar-refractivity contribution in [3.8, 4) is 0 Å². The van der Waals surface area contributed by atoms with E-state index in [2.05, 4.69) is 30.5 Å². The molecule has 0 amide bonds. The molecular weight excluding hydrogens is 204 g/mol. The van der Waals surface area contributed by atoms with E-state index in [0.717, 1.165) is 6.54 Å². The second kappa shape index (κ2) is 4.27. The molecule has 0 bridgehead atoms. The van der Waals surface area contributed by atoms with Crippen LogP contribution in [-0.4, -0.2) is 41.6 Å². The topological polar surface area (TPSA) is 29.3 Å². The van der Waals surface area contributed by atoms with Gasteiger partial charge in [0, 0.05) is 18.6 Å². The van der Waals surface area contributed by atoms with Crippen molar-refractivity contribution < 1.29 is 0 Å². The molecule has 0 aromatic heterocycles. The third-order valence-electron chi connectivity index (χ3n) is 4.15. The van der Waals surface area contributed by atoms with E-state index in [1.54, 1.807) is 0 Å². The third kappa shape index (κ3) is 2.34. The van der Waals surface area contributed by atoms with E-state index in [0.29, 0.717) is 11.0 Å². The SMILES string of the molecule is CC1(C)CCN(C2(CN)CCSCC2)C1. The van der Waals surface area contributed by atoms with Crippen LogP contribution in [0.1, 0.15) is 33.1 Å². The van der Waals surface area contributed by atoms with E-state index in [-0.39, 0.29) is 0 Å². The molecule has 2 aliphatic rings. The molecule has 15 heavy (non-hydrogen) atoms. The lowest BCUT2D eigenvalue weighted by Crippen LogP contribution is -2.55. The summed E-state index contributed by atoms with van der Waals surface area (Å²) in [6.45, 7) is 8.12. The Kier molecular flexibility index (Phi) is 3.34. The average Bonchev–Trinajstić information content (AvgIpc) is 2.60. The Morgan fingerprint density at radius 2 is 1.87 bits per heavy atom. The van der Waals surface area contributed by atoms with Crippen LogP contribution in [0, 0.1) is 5.41 Å². The van der Waals surface area contributed by atoms with Crippen LogP contribution in [0.15, 0.2) is 0 Å². The van der Waals surface area contributed by atoms with Gasteiger partial charge in [-0.1, -0.05) is 13.8 Å². The Balaban J connectivity index is 2.06. The monoisotopic (exact) mass is 228 g/mol. The first kappa shape index (κ1) is 11.7. The zero-order valence-corrected chi connectivity index (χ0v) is 10.9. The molecule has 3 heteroatoms. The summed E-state index contributed by atoms with van der Waals surface area (Å²) in [5.41, 5.74) is 6.91. The van der Waals surface area contributed by atoms with Crippen LogP contribution in [0.3, 0.4) is 0 Å². The normalized spacial score (nSPS) is 30.6. The molecule has 0 aromatic rings. The zero-order valence-electron chi connectivity index (χ0n) is 10.1. The predicted octanol–water partition coefficient (Wildman–Crippen LogP) is 1.94. The maximum atomic E-state index is 6.06. The first-order valence-electron chi connectivity index (χ1n) is 6.11. The fraction of sp³-hybridized carbons (Fsp3) is 1.00. The molecule has 2 fully saturated rings. The minimum atomic E-state index is 0.346. The van der Waals surface area contributed by atoms with E-state index >= 15 is 0 Å². The van der Waals surface area contributed by atoms with Gasteiger partial charge in [-0.25, -0.2) is 0 Å². The average molecular weight is 228 g/mol. The number of rotatable bonds is 2. The highest BCUT2D eigenvalue weighted by molar-refractivity contribution is 7.99. The largest absolute Gasteiger partial charge is 0.329 e. The molecule has 0 atom stereocenters. The fourth-order valence-corrected chi connectivity index (χ4v) is 4.17. The van der Waals surface area contributed by atoms with Gasteiger partial charge in [-0.3, -0.25) is 4.90 Å². The maximum Gasteiger partial charge on any atom is 0.0347 e. The molecule has 2 N–H and O–H groups in total. The van der Waals surface area contributed by atoms with Crippen molar-refractivity contribution in [1.29, 1.82) is 0 Å².